The number of terminal acetylenes is 1. The van der Waals surface area contributed by atoms with Crippen molar-refractivity contribution in [2.45, 2.75) is 0 Å². The third-order valence-corrected chi connectivity index (χ3v) is 3.26. The lowest BCUT2D eigenvalue weighted by atomic mass is 10.0. The summed E-state index contributed by atoms with van der Waals surface area (Å²) in [5.74, 6) is 1.36. The van der Waals surface area contributed by atoms with Gasteiger partial charge in [-0.1, -0.05) is 36.3 Å². The number of benzene rings is 2. The second-order valence-electron chi connectivity index (χ2n) is 5.15. The van der Waals surface area contributed by atoms with Gasteiger partial charge in [-0.05, 0) is 24.3 Å². The standard InChI is InChI=1S/C20H17NO5/c1-2-12-21-18(22)13-26-19(23)14-25-17-10-8-16(9-11-17)20(24)15-6-4-3-5-7-15/h1,3-11H,12-14H2,(H,21,22). The van der Waals surface area contributed by atoms with E-state index in [-0.39, 0.29) is 18.9 Å². The highest BCUT2D eigenvalue weighted by molar-refractivity contribution is 6.08. The molecule has 0 aliphatic rings. The molecule has 0 aliphatic carbocycles. The zero-order valence-corrected chi connectivity index (χ0v) is 13.9. The summed E-state index contributed by atoms with van der Waals surface area (Å²) in [7, 11) is 0. The number of ketones is 1. The van der Waals surface area contributed by atoms with Crippen molar-refractivity contribution in [1.29, 1.82) is 0 Å². The van der Waals surface area contributed by atoms with Crippen LogP contribution in [0.4, 0.5) is 0 Å². The van der Waals surface area contributed by atoms with E-state index < -0.39 is 18.5 Å². The van der Waals surface area contributed by atoms with Crippen molar-refractivity contribution in [3.8, 4) is 18.1 Å². The summed E-state index contributed by atoms with van der Waals surface area (Å²) in [4.78, 5) is 35.1. The van der Waals surface area contributed by atoms with Crippen molar-refractivity contribution in [3.63, 3.8) is 0 Å². The average molecular weight is 351 g/mol. The number of carbonyl (C=O) groups excluding carboxylic acids is 3. The number of rotatable bonds is 8. The van der Waals surface area contributed by atoms with Crippen LogP contribution in [0.5, 0.6) is 5.75 Å². The molecule has 1 amide bonds. The predicted octanol–water partition coefficient (Wildman–Crippen LogP) is 1.59. The number of hydrogen-bond acceptors (Lipinski definition) is 5. The molecule has 0 bridgehead atoms. The third-order valence-electron chi connectivity index (χ3n) is 3.26. The number of amides is 1. The minimum Gasteiger partial charge on any atom is -0.482 e. The van der Waals surface area contributed by atoms with E-state index in [1.165, 1.54) is 0 Å². The topological polar surface area (TPSA) is 81.7 Å². The van der Waals surface area contributed by atoms with E-state index in [0.717, 1.165) is 0 Å². The molecule has 0 fully saturated rings. The molecule has 2 aromatic rings. The van der Waals surface area contributed by atoms with E-state index in [4.69, 9.17) is 15.9 Å². The minimum atomic E-state index is -0.690. The molecule has 0 unspecified atom stereocenters. The van der Waals surface area contributed by atoms with Gasteiger partial charge in [0, 0.05) is 11.1 Å². The van der Waals surface area contributed by atoms with Crippen LogP contribution >= 0.6 is 0 Å². The number of ether oxygens (including phenoxy) is 2. The summed E-state index contributed by atoms with van der Waals surface area (Å²) in [6, 6.07) is 15.3. The second kappa shape index (κ2) is 9.64. The molecular formula is C20H17NO5. The Labute approximate surface area is 151 Å². The highest BCUT2D eigenvalue weighted by Crippen LogP contribution is 2.15. The van der Waals surface area contributed by atoms with Crippen molar-refractivity contribution >= 4 is 17.7 Å². The van der Waals surface area contributed by atoms with Crippen LogP contribution in [0.15, 0.2) is 54.6 Å². The van der Waals surface area contributed by atoms with E-state index in [1.54, 1.807) is 48.5 Å². The van der Waals surface area contributed by atoms with Gasteiger partial charge in [0.25, 0.3) is 5.91 Å². The normalized spacial score (nSPS) is 9.65. The molecule has 6 heteroatoms. The first-order chi connectivity index (χ1) is 12.6. The lowest BCUT2D eigenvalue weighted by Crippen LogP contribution is -2.30. The monoisotopic (exact) mass is 351 g/mol. The highest BCUT2D eigenvalue weighted by Gasteiger charge is 2.10. The maximum Gasteiger partial charge on any atom is 0.344 e. The molecule has 2 aromatic carbocycles. The summed E-state index contributed by atoms with van der Waals surface area (Å²) in [5.41, 5.74) is 1.10. The van der Waals surface area contributed by atoms with Gasteiger partial charge in [0.2, 0.25) is 0 Å². The summed E-state index contributed by atoms with van der Waals surface area (Å²) >= 11 is 0. The molecule has 0 heterocycles. The largest absolute Gasteiger partial charge is 0.482 e. The molecule has 1 N–H and O–H groups in total. The molecule has 132 valence electrons. The van der Waals surface area contributed by atoms with Gasteiger partial charge in [-0.15, -0.1) is 6.42 Å². The van der Waals surface area contributed by atoms with E-state index in [2.05, 4.69) is 11.2 Å². The Hall–Kier alpha value is -3.59. The van der Waals surface area contributed by atoms with Gasteiger partial charge in [0.1, 0.15) is 5.75 Å². The number of carbonyl (C=O) groups is 3. The van der Waals surface area contributed by atoms with Gasteiger partial charge in [-0.3, -0.25) is 9.59 Å². The molecule has 26 heavy (non-hydrogen) atoms. The Bertz CT molecular complexity index is 806. The van der Waals surface area contributed by atoms with Crippen LogP contribution in [0.3, 0.4) is 0 Å². The van der Waals surface area contributed by atoms with Crippen LogP contribution in [-0.2, 0) is 14.3 Å². The molecule has 6 nitrogen and oxygen atoms in total. The Morgan fingerprint density at radius 3 is 2.23 bits per heavy atom. The number of hydrogen-bond donors (Lipinski definition) is 1. The fourth-order valence-corrected chi connectivity index (χ4v) is 1.99. The van der Waals surface area contributed by atoms with Crippen LogP contribution in [0.1, 0.15) is 15.9 Å². The van der Waals surface area contributed by atoms with Crippen LogP contribution in [0.2, 0.25) is 0 Å². The van der Waals surface area contributed by atoms with Gasteiger partial charge >= 0.3 is 5.97 Å². The van der Waals surface area contributed by atoms with Crippen molar-refractivity contribution in [2.24, 2.45) is 0 Å². The maximum atomic E-state index is 12.3. The summed E-state index contributed by atoms with van der Waals surface area (Å²) < 4.78 is 10.0. The second-order valence-corrected chi connectivity index (χ2v) is 5.15. The molecule has 2 rings (SSSR count). The Morgan fingerprint density at radius 2 is 1.58 bits per heavy atom. The zero-order chi connectivity index (χ0) is 18.8. The van der Waals surface area contributed by atoms with E-state index >= 15 is 0 Å². The lowest BCUT2D eigenvalue weighted by Gasteiger charge is -2.07. The van der Waals surface area contributed by atoms with Crippen LogP contribution in [0, 0.1) is 12.3 Å². The van der Waals surface area contributed by atoms with Crippen molar-refractivity contribution in [3.05, 3.63) is 65.7 Å². The van der Waals surface area contributed by atoms with E-state index in [1.807, 2.05) is 6.07 Å². The third kappa shape index (κ3) is 5.80. The maximum absolute atomic E-state index is 12.3. The first-order valence-corrected chi connectivity index (χ1v) is 7.78. The first kappa shape index (κ1) is 18.7. The van der Waals surface area contributed by atoms with Crippen LogP contribution < -0.4 is 10.1 Å². The molecule has 0 aromatic heterocycles. The zero-order valence-electron chi connectivity index (χ0n) is 13.9. The molecule has 0 radical (unpaired) electrons. The number of esters is 1. The van der Waals surface area contributed by atoms with Crippen molar-refractivity contribution in [1.82, 2.24) is 5.32 Å². The fourth-order valence-electron chi connectivity index (χ4n) is 1.99. The van der Waals surface area contributed by atoms with Gasteiger partial charge in [-0.2, -0.15) is 0 Å². The molecule has 0 atom stereocenters. The number of nitrogens with one attached hydrogen (secondary N) is 1. The Kier molecular flexibility index (Phi) is 6.95. The molecule has 0 aliphatic heterocycles. The Balaban J connectivity index is 1.80. The highest BCUT2D eigenvalue weighted by atomic mass is 16.6. The average Bonchev–Trinajstić information content (AvgIpc) is 2.69. The SMILES string of the molecule is C#CCNC(=O)COC(=O)COc1ccc(C(=O)c2ccccc2)cc1. The van der Waals surface area contributed by atoms with Gasteiger partial charge < -0.3 is 14.8 Å². The summed E-state index contributed by atoms with van der Waals surface area (Å²) in [6.45, 7) is -0.705. The smallest absolute Gasteiger partial charge is 0.344 e. The van der Waals surface area contributed by atoms with Gasteiger partial charge in [0.15, 0.2) is 19.0 Å². The van der Waals surface area contributed by atoms with Crippen molar-refractivity contribution < 1.29 is 23.9 Å². The molecular weight excluding hydrogens is 334 g/mol. The van der Waals surface area contributed by atoms with E-state index in [9.17, 15) is 14.4 Å². The first-order valence-electron chi connectivity index (χ1n) is 7.78. The van der Waals surface area contributed by atoms with Gasteiger partial charge in [-0.25, -0.2) is 4.79 Å². The molecule has 0 spiro atoms. The van der Waals surface area contributed by atoms with Crippen molar-refractivity contribution in [2.75, 3.05) is 19.8 Å². The minimum absolute atomic E-state index is 0.0704. The fraction of sp³-hybridized carbons (Fsp3) is 0.150. The van der Waals surface area contributed by atoms with Crippen LogP contribution in [-0.4, -0.2) is 37.4 Å². The summed E-state index contributed by atoms with van der Waals surface area (Å²) in [5, 5.41) is 2.37. The lowest BCUT2D eigenvalue weighted by molar-refractivity contribution is -0.150. The van der Waals surface area contributed by atoms with Crippen LogP contribution in [0.25, 0.3) is 0 Å². The summed E-state index contributed by atoms with van der Waals surface area (Å²) in [6.07, 6.45) is 4.99. The quantitative estimate of drug-likeness (QED) is 0.444. The molecule has 0 saturated carbocycles. The molecule has 0 saturated heterocycles. The Morgan fingerprint density at radius 1 is 0.923 bits per heavy atom. The van der Waals surface area contributed by atoms with E-state index in [0.29, 0.717) is 16.9 Å². The van der Waals surface area contributed by atoms with Gasteiger partial charge in [0.05, 0.1) is 6.54 Å². The predicted molar refractivity (Wildman–Crippen MR) is 94.6 cm³/mol.